The van der Waals surface area contributed by atoms with Crippen LogP contribution < -0.4 is 5.32 Å². The number of quaternary nitrogens is 1. The van der Waals surface area contributed by atoms with Crippen LogP contribution in [-0.4, -0.2) is 47.3 Å². The molecular weight excluding hydrogens is 288 g/mol. The Kier molecular flexibility index (Phi) is 2.32. The zero-order valence-corrected chi connectivity index (χ0v) is 13.7. The van der Waals surface area contributed by atoms with Crippen LogP contribution in [0.4, 0.5) is 5.69 Å². The lowest BCUT2D eigenvalue weighted by Crippen LogP contribution is -2.63. The minimum Gasteiger partial charge on any atom is -0.378 e. The van der Waals surface area contributed by atoms with E-state index in [1.54, 1.807) is 0 Å². The molecule has 1 aromatic carbocycles. The summed E-state index contributed by atoms with van der Waals surface area (Å²) in [4.78, 5) is 13.1. The van der Waals surface area contributed by atoms with Gasteiger partial charge >= 0.3 is 0 Å². The first-order valence-corrected chi connectivity index (χ1v) is 8.60. The van der Waals surface area contributed by atoms with Gasteiger partial charge in [-0.2, -0.15) is 0 Å². The van der Waals surface area contributed by atoms with Crippen LogP contribution in [0.15, 0.2) is 35.9 Å². The second kappa shape index (κ2) is 3.87. The standard InChI is InChI=1S/C19H22N2O2/c1-3-12-11-21(2)9-8-18-13-6-4-5-7-15(13)20-17(22)19(18,23)14(12)10-16(18)21/h3-7,14,16,23H,8-11H2,1-2H3/p+1/b12-3+/t14-,16-,18?,19-,21?/m0/s1. The van der Waals surface area contributed by atoms with Crippen molar-refractivity contribution in [3.05, 3.63) is 41.5 Å². The van der Waals surface area contributed by atoms with Crippen molar-refractivity contribution in [2.75, 3.05) is 25.5 Å². The third kappa shape index (κ3) is 1.24. The lowest BCUT2D eigenvalue weighted by molar-refractivity contribution is -0.921. The number of para-hydroxylation sites is 1. The van der Waals surface area contributed by atoms with E-state index in [0.717, 1.165) is 41.7 Å². The summed E-state index contributed by atoms with van der Waals surface area (Å²) >= 11 is 0. The number of rotatable bonds is 0. The molecule has 3 fully saturated rings. The lowest BCUT2D eigenvalue weighted by atomic mass is 9.62. The second-order valence-electron chi connectivity index (χ2n) is 8.02. The first-order valence-electron chi connectivity index (χ1n) is 8.60. The van der Waals surface area contributed by atoms with Crippen molar-refractivity contribution >= 4 is 11.6 Å². The van der Waals surface area contributed by atoms with Crippen molar-refractivity contribution in [3.8, 4) is 0 Å². The molecule has 1 saturated carbocycles. The molecule has 1 aliphatic carbocycles. The van der Waals surface area contributed by atoms with Crippen LogP contribution in [0.2, 0.25) is 0 Å². The molecular formula is C19H23N2O2+. The van der Waals surface area contributed by atoms with Gasteiger partial charge in [-0.1, -0.05) is 24.3 Å². The molecule has 23 heavy (non-hydrogen) atoms. The van der Waals surface area contributed by atoms with Gasteiger partial charge in [-0.15, -0.1) is 0 Å². The maximum atomic E-state index is 13.1. The van der Waals surface area contributed by atoms with Crippen LogP contribution in [0.25, 0.3) is 0 Å². The number of amides is 1. The molecule has 0 aromatic heterocycles. The summed E-state index contributed by atoms with van der Waals surface area (Å²) in [6.07, 6.45) is 3.93. The smallest absolute Gasteiger partial charge is 0.258 e. The number of anilines is 1. The number of benzene rings is 1. The average molecular weight is 311 g/mol. The zero-order valence-electron chi connectivity index (χ0n) is 13.7. The Bertz CT molecular complexity index is 772. The number of fused-ring (bicyclic) bond motifs is 3. The molecule has 2 unspecified atom stereocenters. The number of nitrogens with one attached hydrogen (secondary N) is 1. The van der Waals surface area contributed by atoms with E-state index in [4.69, 9.17) is 0 Å². The highest BCUT2D eigenvalue weighted by atomic mass is 16.3. The highest BCUT2D eigenvalue weighted by Crippen LogP contribution is 2.67. The number of nitrogens with zero attached hydrogens (tertiary/aromatic N) is 1. The van der Waals surface area contributed by atoms with Gasteiger partial charge in [0.05, 0.1) is 19.0 Å². The van der Waals surface area contributed by atoms with Gasteiger partial charge in [0.1, 0.15) is 12.6 Å². The molecule has 3 aliphatic heterocycles. The van der Waals surface area contributed by atoms with Crippen molar-refractivity contribution < 1.29 is 14.4 Å². The van der Waals surface area contributed by atoms with Crippen LogP contribution in [0, 0.1) is 5.92 Å². The van der Waals surface area contributed by atoms with Crippen LogP contribution in [0.1, 0.15) is 25.3 Å². The van der Waals surface area contributed by atoms with Crippen LogP contribution in [0.3, 0.4) is 0 Å². The fourth-order valence-electron chi connectivity index (χ4n) is 6.40. The molecule has 0 radical (unpaired) electrons. The summed E-state index contributed by atoms with van der Waals surface area (Å²) in [5.74, 6) is -0.240. The highest BCUT2D eigenvalue weighted by Gasteiger charge is 2.80. The molecule has 3 heterocycles. The molecule has 2 N–H and O–H groups in total. The Morgan fingerprint density at radius 3 is 2.96 bits per heavy atom. The van der Waals surface area contributed by atoms with E-state index in [2.05, 4.69) is 24.5 Å². The number of piperidine rings is 1. The van der Waals surface area contributed by atoms with Gasteiger partial charge in [0.25, 0.3) is 5.91 Å². The maximum absolute atomic E-state index is 13.1. The van der Waals surface area contributed by atoms with Crippen LogP contribution in [-0.2, 0) is 10.2 Å². The number of allylic oxidation sites excluding steroid dienone is 1. The summed E-state index contributed by atoms with van der Waals surface area (Å²) in [7, 11) is 2.31. The Balaban J connectivity index is 1.86. The monoisotopic (exact) mass is 311 g/mol. The predicted molar refractivity (Wildman–Crippen MR) is 87.9 cm³/mol. The Labute approximate surface area is 136 Å². The molecule has 4 heteroatoms. The Morgan fingerprint density at radius 2 is 2.17 bits per heavy atom. The number of aliphatic hydroxyl groups is 1. The van der Waals surface area contributed by atoms with Gasteiger partial charge in [0, 0.05) is 24.4 Å². The summed E-state index contributed by atoms with van der Waals surface area (Å²) < 4.78 is 0.958. The fourth-order valence-corrected chi connectivity index (χ4v) is 6.40. The molecule has 1 aromatic rings. The van der Waals surface area contributed by atoms with E-state index in [-0.39, 0.29) is 11.8 Å². The molecule has 1 spiro atoms. The van der Waals surface area contributed by atoms with Crippen LogP contribution >= 0.6 is 0 Å². The second-order valence-corrected chi connectivity index (χ2v) is 8.02. The van der Waals surface area contributed by atoms with E-state index in [1.807, 2.05) is 25.1 Å². The average Bonchev–Trinajstić information content (AvgIpc) is 2.98. The first-order chi connectivity index (χ1) is 11.0. The summed E-state index contributed by atoms with van der Waals surface area (Å²) in [6, 6.07) is 8.41. The van der Waals surface area contributed by atoms with Gasteiger partial charge in [-0.3, -0.25) is 4.79 Å². The van der Waals surface area contributed by atoms with Gasteiger partial charge in [-0.05, 0) is 24.1 Å². The largest absolute Gasteiger partial charge is 0.378 e. The third-order valence-electron chi connectivity index (χ3n) is 7.35. The number of carbonyl (C=O) groups excluding carboxylic acids is 1. The molecule has 4 aliphatic rings. The van der Waals surface area contributed by atoms with E-state index < -0.39 is 11.0 Å². The summed E-state index contributed by atoms with van der Waals surface area (Å²) in [5.41, 5.74) is 1.55. The quantitative estimate of drug-likeness (QED) is 0.567. The lowest BCUT2D eigenvalue weighted by Gasteiger charge is -2.45. The molecule has 4 nitrogen and oxygen atoms in total. The van der Waals surface area contributed by atoms with Crippen molar-refractivity contribution in [1.29, 1.82) is 0 Å². The van der Waals surface area contributed by atoms with Crippen LogP contribution in [0.5, 0.6) is 0 Å². The fraction of sp³-hybridized carbons (Fsp3) is 0.526. The van der Waals surface area contributed by atoms with E-state index in [1.165, 1.54) is 5.57 Å². The molecule has 2 saturated heterocycles. The summed E-state index contributed by atoms with van der Waals surface area (Å²) in [5, 5.41) is 14.8. The van der Waals surface area contributed by atoms with E-state index in [0.29, 0.717) is 6.04 Å². The van der Waals surface area contributed by atoms with Crippen molar-refractivity contribution in [1.82, 2.24) is 0 Å². The number of hydrogen-bond acceptors (Lipinski definition) is 2. The van der Waals surface area contributed by atoms with Gasteiger partial charge in [0.15, 0.2) is 5.60 Å². The van der Waals surface area contributed by atoms with Gasteiger partial charge in [-0.25, -0.2) is 0 Å². The molecule has 5 atom stereocenters. The summed E-state index contributed by atoms with van der Waals surface area (Å²) in [6.45, 7) is 4.03. The van der Waals surface area contributed by atoms with E-state index in [9.17, 15) is 9.90 Å². The Morgan fingerprint density at radius 1 is 1.39 bits per heavy atom. The Hall–Kier alpha value is -1.65. The third-order valence-corrected chi connectivity index (χ3v) is 7.35. The normalized spacial score (nSPS) is 48.1. The predicted octanol–water partition coefficient (Wildman–Crippen LogP) is 1.81. The van der Waals surface area contributed by atoms with E-state index >= 15 is 0 Å². The van der Waals surface area contributed by atoms with Crippen molar-refractivity contribution in [3.63, 3.8) is 0 Å². The molecule has 2 bridgehead atoms. The molecule has 1 amide bonds. The number of carbonyl (C=O) groups is 1. The van der Waals surface area contributed by atoms with Crippen molar-refractivity contribution in [2.45, 2.75) is 36.8 Å². The molecule has 5 rings (SSSR count). The number of hydrogen-bond donors (Lipinski definition) is 2. The minimum atomic E-state index is -1.31. The number of likely N-dealkylation sites (N-methyl/N-ethyl adjacent to an activating group) is 1. The topological polar surface area (TPSA) is 49.3 Å². The SMILES string of the molecule is C/C=C1\C[N+]2(C)CCC34c5ccccc5NC(=O)[C@@]3(O)[C@H]1C[C@@H]42. The van der Waals surface area contributed by atoms with Crippen molar-refractivity contribution in [2.24, 2.45) is 5.92 Å². The first kappa shape index (κ1) is 13.8. The van der Waals surface area contributed by atoms with Gasteiger partial charge in [0.2, 0.25) is 0 Å². The maximum Gasteiger partial charge on any atom is 0.258 e. The zero-order chi connectivity index (χ0) is 16.0. The highest BCUT2D eigenvalue weighted by molar-refractivity contribution is 6.03. The van der Waals surface area contributed by atoms with Gasteiger partial charge < -0.3 is 14.9 Å². The molecule has 120 valence electrons. The minimum absolute atomic E-state index is 0.0441.